The summed E-state index contributed by atoms with van der Waals surface area (Å²) in [6.07, 6.45) is 0. The first-order valence-corrected chi connectivity index (χ1v) is 9.01. The van der Waals surface area contributed by atoms with E-state index >= 15 is 0 Å². The standard InChI is InChI=1S/C14H12ClNO5S2/c1-8-2-5-12(22-8)11(17)7-21-14(18)9-3-4-10(15)13(6-9)23(16,19)20/h2-6H,7H2,1H3,(H2,16,19,20). The number of hydrogen-bond donors (Lipinski definition) is 1. The van der Waals surface area contributed by atoms with Crippen LogP contribution in [0.2, 0.25) is 5.02 Å². The maximum atomic E-state index is 11.9. The second-order valence-corrected chi connectivity index (χ2v) is 7.82. The molecule has 0 aliphatic carbocycles. The molecule has 2 aromatic rings. The van der Waals surface area contributed by atoms with E-state index in [-0.39, 0.29) is 21.3 Å². The summed E-state index contributed by atoms with van der Waals surface area (Å²) in [4.78, 5) is 24.9. The van der Waals surface area contributed by atoms with Gasteiger partial charge in [0.1, 0.15) is 4.90 Å². The average molecular weight is 374 g/mol. The van der Waals surface area contributed by atoms with E-state index in [9.17, 15) is 18.0 Å². The molecule has 0 fully saturated rings. The number of benzene rings is 1. The number of primary sulfonamides is 1. The minimum absolute atomic E-state index is 0.0615. The Bertz CT molecular complexity index is 873. The number of carbonyl (C=O) groups is 2. The molecule has 1 aromatic carbocycles. The first kappa shape index (κ1) is 17.6. The molecule has 0 amide bonds. The van der Waals surface area contributed by atoms with Gasteiger partial charge in [0.2, 0.25) is 15.8 Å². The second kappa shape index (κ2) is 6.79. The molecule has 0 aliphatic rings. The fourth-order valence-corrected chi connectivity index (χ4v) is 3.58. The molecule has 2 rings (SSSR count). The average Bonchev–Trinajstić information content (AvgIpc) is 2.90. The van der Waals surface area contributed by atoms with Gasteiger partial charge in [-0.3, -0.25) is 4.79 Å². The van der Waals surface area contributed by atoms with Crippen molar-refractivity contribution in [2.45, 2.75) is 11.8 Å². The third-order valence-corrected chi connectivity index (χ3v) is 5.26. The fourth-order valence-electron chi connectivity index (χ4n) is 1.72. The van der Waals surface area contributed by atoms with Gasteiger partial charge in [-0.15, -0.1) is 11.3 Å². The summed E-state index contributed by atoms with van der Waals surface area (Å²) in [5, 5.41) is 4.91. The number of aryl methyl sites for hydroxylation is 1. The number of ketones is 1. The fraction of sp³-hybridized carbons (Fsp3) is 0.143. The van der Waals surface area contributed by atoms with Gasteiger partial charge < -0.3 is 4.74 Å². The molecule has 1 aromatic heterocycles. The zero-order valence-corrected chi connectivity index (χ0v) is 14.3. The molecule has 0 unspecified atom stereocenters. The number of hydrogen-bond acceptors (Lipinski definition) is 6. The lowest BCUT2D eigenvalue weighted by atomic mass is 10.2. The molecule has 1 heterocycles. The van der Waals surface area contributed by atoms with E-state index in [1.165, 1.54) is 23.5 Å². The predicted octanol–water partition coefficient (Wildman–Crippen LogP) is 2.40. The van der Waals surface area contributed by atoms with Crippen molar-refractivity contribution >= 4 is 44.7 Å². The van der Waals surface area contributed by atoms with Crippen molar-refractivity contribution in [1.82, 2.24) is 0 Å². The Labute approximate surface area is 141 Å². The van der Waals surface area contributed by atoms with Crippen LogP contribution < -0.4 is 5.14 Å². The number of rotatable bonds is 5. The Morgan fingerprint density at radius 1 is 1.26 bits per heavy atom. The summed E-state index contributed by atoms with van der Waals surface area (Å²) in [7, 11) is -4.07. The Morgan fingerprint density at radius 2 is 1.96 bits per heavy atom. The molecule has 0 saturated carbocycles. The van der Waals surface area contributed by atoms with Crippen molar-refractivity contribution in [2.24, 2.45) is 5.14 Å². The third-order valence-electron chi connectivity index (χ3n) is 2.82. The zero-order valence-electron chi connectivity index (χ0n) is 11.9. The molecular weight excluding hydrogens is 362 g/mol. The molecule has 0 radical (unpaired) electrons. The summed E-state index contributed by atoms with van der Waals surface area (Å²) < 4.78 is 27.6. The molecule has 0 bridgehead atoms. The van der Waals surface area contributed by atoms with Crippen LogP contribution in [0, 0.1) is 6.92 Å². The van der Waals surface area contributed by atoms with Crippen LogP contribution in [0.3, 0.4) is 0 Å². The van der Waals surface area contributed by atoms with Crippen molar-refractivity contribution < 1.29 is 22.7 Å². The highest BCUT2D eigenvalue weighted by molar-refractivity contribution is 7.89. The molecule has 0 atom stereocenters. The molecule has 0 saturated heterocycles. The minimum atomic E-state index is -4.07. The molecule has 0 aliphatic heterocycles. The topological polar surface area (TPSA) is 104 Å². The van der Waals surface area contributed by atoms with Crippen LogP contribution in [0.1, 0.15) is 24.9 Å². The number of sulfonamides is 1. The van der Waals surface area contributed by atoms with Gasteiger partial charge in [0.15, 0.2) is 6.61 Å². The van der Waals surface area contributed by atoms with Crippen molar-refractivity contribution in [2.75, 3.05) is 6.61 Å². The van der Waals surface area contributed by atoms with Crippen molar-refractivity contribution in [3.8, 4) is 0 Å². The summed E-state index contributed by atoms with van der Waals surface area (Å²) in [5.74, 6) is -1.18. The second-order valence-electron chi connectivity index (χ2n) is 4.60. The van der Waals surface area contributed by atoms with Crippen LogP contribution in [-0.2, 0) is 14.8 Å². The summed E-state index contributed by atoms with van der Waals surface area (Å²) >= 11 is 7.03. The molecule has 23 heavy (non-hydrogen) atoms. The Balaban J connectivity index is 2.11. The van der Waals surface area contributed by atoms with E-state index in [1.807, 2.05) is 6.92 Å². The van der Waals surface area contributed by atoms with Crippen LogP contribution in [0.5, 0.6) is 0 Å². The van der Waals surface area contributed by atoms with Crippen molar-refractivity contribution in [3.05, 3.63) is 50.7 Å². The van der Waals surface area contributed by atoms with Crippen molar-refractivity contribution in [1.29, 1.82) is 0 Å². The summed E-state index contributed by atoms with van der Waals surface area (Å²) in [5.41, 5.74) is -0.0615. The molecule has 6 nitrogen and oxygen atoms in total. The number of ether oxygens (including phenoxy) is 1. The number of thiophene rings is 1. The normalized spacial score (nSPS) is 11.3. The van der Waals surface area contributed by atoms with Crippen LogP contribution in [0.15, 0.2) is 35.2 Å². The summed E-state index contributed by atoms with van der Waals surface area (Å²) in [6, 6.07) is 6.97. The molecule has 122 valence electrons. The van der Waals surface area contributed by atoms with Crippen LogP contribution in [0.25, 0.3) is 0 Å². The lowest BCUT2D eigenvalue weighted by Gasteiger charge is -2.06. The van der Waals surface area contributed by atoms with E-state index in [0.717, 1.165) is 10.9 Å². The Morgan fingerprint density at radius 3 is 2.52 bits per heavy atom. The minimum Gasteiger partial charge on any atom is -0.454 e. The van der Waals surface area contributed by atoms with Gasteiger partial charge in [-0.25, -0.2) is 18.4 Å². The number of halogens is 1. The maximum Gasteiger partial charge on any atom is 0.338 e. The van der Waals surface area contributed by atoms with Gasteiger partial charge in [0.25, 0.3) is 0 Å². The van der Waals surface area contributed by atoms with E-state index in [4.69, 9.17) is 21.5 Å². The van der Waals surface area contributed by atoms with Crippen LogP contribution in [-0.4, -0.2) is 26.8 Å². The Hall–Kier alpha value is -1.74. The largest absolute Gasteiger partial charge is 0.454 e. The van der Waals surface area contributed by atoms with Crippen molar-refractivity contribution in [3.63, 3.8) is 0 Å². The highest BCUT2D eigenvalue weighted by Gasteiger charge is 2.18. The van der Waals surface area contributed by atoms with Gasteiger partial charge in [-0.1, -0.05) is 11.6 Å². The van der Waals surface area contributed by atoms with Crippen LogP contribution in [0.4, 0.5) is 0 Å². The SMILES string of the molecule is Cc1ccc(C(=O)COC(=O)c2ccc(Cl)c(S(N)(=O)=O)c2)s1. The molecule has 2 N–H and O–H groups in total. The summed E-state index contributed by atoms with van der Waals surface area (Å²) in [6.45, 7) is 1.42. The Kier molecular flexibility index (Phi) is 5.20. The smallest absolute Gasteiger partial charge is 0.338 e. The van der Waals surface area contributed by atoms with Crippen LogP contribution >= 0.6 is 22.9 Å². The highest BCUT2D eigenvalue weighted by Crippen LogP contribution is 2.22. The number of carbonyl (C=O) groups excluding carboxylic acids is 2. The van der Waals surface area contributed by atoms with Gasteiger partial charge >= 0.3 is 5.97 Å². The van der Waals surface area contributed by atoms with Gasteiger partial charge in [-0.2, -0.15) is 0 Å². The highest BCUT2D eigenvalue weighted by atomic mass is 35.5. The van der Waals surface area contributed by atoms with E-state index in [1.54, 1.807) is 12.1 Å². The molecule has 9 heteroatoms. The van der Waals surface area contributed by atoms with Gasteiger partial charge in [0, 0.05) is 4.88 Å². The third kappa shape index (κ3) is 4.38. The molecule has 0 spiro atoms. The first-order chi connectivity index (χ1) is 10.7. The van der Waals surface area contributed by atoms with Gasteiger partial charge in [-0.05, 0) is 37.3 Å². The van der Waals surface area contributed by atoms with Gasteiger partial charge in [0.05, 0.1) is 15.5 Å². The first-order valence-electron chi connectivity index (χ1n) is 6.27. The molecular formula is C14H12ClNO5S2. The zero-order chi connectivity index (χ0) is 17.2. The lowest BCUT2D eigenvalue weighted by Crippen LogP contribution is -2.16. The predicted molar refractivity (Wildman–Crippen MR) is 86.5 cm³/mol. The number of esters is 1. The number of nitrogens with two attached hydrogens (primary N) is 1. The maximum absolute atomic E-state index is 11.9. The quantitative estimate of drug-likeness (QED) is 0.640. The monoisotopic (exact) mass is 373 g/mol. The van der Waals surface area contributed by atoms with E-state index in [2.05, 4.69) is 0 Å². The lowest BCUT2D eigenvalue weighted by molar-refractivity contribution is 0.0475. The van der Waals surface area contributed by atoms with E-state index in [0.29, 0.717) is 4.88 Å². The number of Topliss-reactive ketones (excluding diaryl/α,β-unsaturated/α-hetero) is 1. The van der Waals surface area contributed by atoms with E-state index < -0.39 is 22.6 Å².